The third-order valence-electron chi connectivity index (χ3n) is 2.88. The number of aromatic carboxylic acids is 1. The molecule has 0 bridgehead atoms. The molecule has 0 radical (unpaired) electrons. The SMILES string of the molecule is CCOC(=O)CC(O)C(O)c1cccc(C)c1C(=O)O. The van der Waals surface area contributed by atoms with Gasteiger partial charge in [0.1, 0.15) is 6.10 Å². The quantitative estimate of drug-likeness (QED) is 0.673. The first-order valence-electron chi connectivity index (χ1n) is 6.23. The summed E-state index contributed by atoms with van der Waals surface area (Å²) in [4.78, 5) is 22.5. The molecule has 6 nitrogen and oxygen atoms in total. The number of esters is 1. The molecule has 0 fully saturated rings. The molecule has 0 aliphatic heterocycles. The summed E-state index contributed by atoms with van der Waals surface area (Å²) in [6.45, 7) is 3.40. The highest BCUT2D eigenvalue weighted by atomic mass is 16.5. The fourth-order valence-electron chi connectivity index (χ4n) is 1.94. The molecule has 6 heteroatoms. The van der Waals surface area contributed by atoms with Crippen molar-refractivity contribution >= 4 is 11.9 Å². The Hall–Kier alpha value is -1.92. The zero-order chi connectivity index (χ0) is 15.3. The summed E-state index contributed by atoms with van der Waals surface area (Å²) in [6.07, 6.45) is -3.29. The van der Waals surface area contributed by atoms with Crippen molar-refractivity contribution in [2.45, 2.75) is 32.5 Å². The van der Waals surface area contributed by atoms with Crippen LogP contribution in [-0.2, 0) is 9.53 Å². The minimum absolute atomic E-state index is 0.0668. The van der Waals surface area contributed by atoms with Crippen LogP contribution in [0.4, 0.5) is 0 Å². The monoisotopic (exact) mass is 282 g/mol. The topological polar surface area (TPSA) is 104 Å². The maximum atomic E-state index is 11.3. The highest BCUT2D eigenvalue weighted by molar-refractivity contribution is 5.91. The lowest BCUT2D eigenvalue weighted by atomic mass is 9.94. The number of hydrogen-bond acceptors (Lipinski definition) is 5. The van der Waals surface area contributed by atoms with Crippen LogP contribution in [0.2, 0.25) is 0 Å². The van der Waals surface area contributed by atoms with Crippen LogP contribution in [0.3, 0.4) is 0 Å². The Morgan fingerprint density at radius 3 is 2.50 bits per heavy atom. The van der Waals surface area contributed by atoms with Crippen LogP contribution in [0.25, 0.3) is 0 Å². The molecule has 2 atom stereocenters. The van der Waals surface area contributed by atoms with E-state index in [9.17, 15) is 19.8 Å². The average molecular weight is 282 g/mol. The number of aryl methyl sites for hydroxylation is 1. The molecular weight excluding hydrogens is 264 g/mol. The smallest absolute Gasteiger partial charge is 0.336 e. The van der Waals surface area contributed by atoms with Gasteiger partial charge in [-0.15, -0.1) is 0 Å². The van der Waals surface area contributed by atoms with Gasteiger partial charge in [-0.05, 0) is 25.0 Å². The van der Waals surface area contributed by atoms with E-state index in [0.29, 0.717) is 5.56 Å². The van der Waals surface area contributed by atoms with Crippen LogP contribution < -0.4 is 0 Å². The third-order valence-corrected chi connectivity index (χ3v) is 2.88. The summed E-state index contributed by atoms with van der Waals surface area (Å²) in [5.41, 5.74) is 0.481. The largest absolute Gasteiger partial charge is 0.478 e. The van der Waals surface area contributed by atoms with E-state index in [1.807, 2.05) is 0 Å². The van der Waals surface area contributed by atoms with Crippen LogP contribution in [0, 0.1) is 6.92 Å². The van der Waals surface area contributed by atoms with Crippen LogP contribution in [0.5, 0.6) is 0 Å². The summed E-state index contributed by atoms with van der Waals surface area (Å²) in [5.74, 6) is -1.84. The fourth-order valence-corrected chi connectivity index (χ4v) is 1.94. The van der Waals surface area contributed by atoms with Gasteiger partial charge < -0.3 is 20.1 Å². The second-order valence-corrected chi connectivity index (χ2v) is 4.37. The second kappa shape index (κ2) is 7.02. The molecule has 0 spiro atoms. The molecule has 0 aromatic heterocycles. The van der Waals surface area contributed by atoms with Gasteiger partial charge in [-0.2, -0.15) is 0 Å². The average Bonchev–Trinajstić information content (AvgIpc) is 2.37. The Morgan fingerprint density at radius 1 is 1.30 bits per heavy atom. The van der Waals surface area contributed by atoms with Crippen molar-refractivity contribution in [3.8, 4) is 0 Å². The predicted octanol–water partition coefficient (Wildman–Crippen LogP) is 1.04. The van der Waals surface area contributed by atoms with Crippen LogP contribution >= 0.6 is 0 Å². The van der Waals surface area contributed by atoms with Gasteiger partial charge >= 0.3 is 11.9 Å². The normalized spacial score (nSPS) is 13.6. The lowest BCUT2D eigenvalue weighted by molar-refractivity contribution is -0.147. The van der Waals surface area contributed by atoms with Crippen LogP contribution in [0.1, 0.15) is 40.9 Å². The van der Waals surface area contributed by atoms with Gasteiger partial charge in [-0.3, -0.25) is 4.79 Å². The molecule has 0 aliphatic carbocycles. The van der Waals surface area contributed by atoms with Crippen molar-refractivity contribution < 1.29 is 29.6 Å². The van der Waals surface area contributed by atoms with Gasteiger partial charge in [0.05, 0.1) is 24.7 Å². The molecule has 0 heterocycles. The highest BCUT2D eigenvalue weighted by Gasteiger charge is 2.26. The Bertz CT molecular complexity index is 496. The number of carboxylic acids is 1. The van der Waals surface area contributed by atoms with Crippen molar-refractivity contribution in [1.29, 1.82) is 0 Å². The summed E-state index contributed by atoms with van der Waals surface area (Å²) >= 11 is 0. The molecule has 1 rings (SSSR count). The van der Waals surface area contributed by atoms with E-state index < -0.39 is 30.6 Å². The zero-order valence-electron chi connectivity index (χ0n) is 11.4. The molecule has 1 aromatic rings. The van der Waals surface area contributed by atoms with Crippen LogP contribution in [0.15, 0.2) is 18.2 Å². The Kier molecular flexibility index (Phi) is 5.66. The number of hydrogen-bond donors (Lipinski definition) is 3. The second-order valence-electron chi connectivity index (χ2n) is 4.37. The molecule has 2 unspecified atom stereocenters. The molecule has 20 heavy (non-hydrogen) atoms. The Morgan fingerprint density at radius 2 is 1.95 bits per heavy atom. The molecule has 0 aliphatic rings. The summed E-state index contributed by atoms with van der Waals surface area (Å²) < 4.78 is 4.67. The first kappa shape index (κ1) is 16.1. The zero-order valence-corrected chi connectivity index (χ0v) is 11.4. The number of benzene rings is 1. The first-order valence-corrected chi connectivity index (χ1v) is 6.23. The minimum Gasteiger partial charge on any atom is -0.478 e. The number of aliphatic hydroxyl groups excluding tert-OH is 2. The molecule has 3 N–H and O–H groups in total. The summed E-state index contributed by atoms with van der Waals surface area (Å²) in [5, 5.41) is 29.0. The van der Waals surface area contributed by atoms with E-state index in [2.05, 4.69) is 4.74 Å². The van der Waals surface area contributed by atoms with E-state index >= 15 is 0 Å². The van der Waals surface area contributed by atoms with Crippen molar-refractivity contribution in [2.75, 3.05) is 6.61 Å². The third kappa shape index (κ3) is 3.79. The predicted molar refractivity (Wildman–Crippen MR) is 70.4 cm³/mol. The van der Waals surface area contributed by atoms with Crippen molar-refractivity contribution in [3.63, 3.8) is 0 Å². The molecule has 110 valence electrons. The lowest BCUT2D eigenvalue weighted by Gasteiger charge is -2.20. The van der Waals surface area contributed by atoms with Gasteiger partial charge in [0, 0.05) is 0 Å². The fraction of sp³-hybridized carbons (Fsp3) is 0.429. The number of carbonyl (C=O) groups is 2. The highest BCUT2D eigenvalue weighted by Crippen LogP contribution is 2.25. The van der Waals surface area contributed by atoms with E-state index in [1.165, 1.54) is 6.07 Å². The molecule has 0 saturated carbocycles. The van der Waals surface area contributed by atoms with Gasteiger partial charge in [0.2, 0.25) is 0 Å². The Balaban J connectivity index is 2.97. The first-order chi connectivity index (χ1) is 9.38. The van der Waals surface area contributed by atoms with Crippen molar-refractivity contribution in [1.82, 2.24) is 0 Å². The van der Waals surface area contributed by atoms with Crippen LogP contribution in [-0.4, -0.2) is 40.0 Å². The number of aliphatic hydroxyl groups is 2. The molecule has 0 saturated heterocycles. The maximum absolute atomic E-state index is 11.3. The Labute approximate surface area is 116 Å². The van der Waals surface area contributed by atoms with Crippen molar-refractivity contribution in [3.05, 3.63) is 34.9 Å². The number of carboxylic acid groups (broad SMARTS) is 1. The summed E-state index contributed by atoms with van der Waals surface area (Å²) in [7, 11) is 0. The van der Waals surface area contributed by atoms with Gasteiger partial charge in [0.15, 0.2) is 0 Å². The molecule has 0 amide bonds. The van der Waals surface area contributed by atoms with E-state index in [0.717, 1.165) is 0 Å². The van der Waals surface area contributed by atoms with E-state index in [4.69, 9.17) is 5.11 Å². The van der Waals surface area contributed by atoms with Gasteiger partial charge in [0.25, 0.3) is 0 Å². The van der Waals surface area contributed by atoms with E-state index in [-0.39, 0.29) is 17.7 Å². The summed E-state index contributed by atoms with van der Waals surface area (Å²) in [6, 6.07) is 4.59. The molecule has 1 aromatic carbocycles. The minimum atomic E-state index is -1.47. The van der Waals surface area contributed by atoms with E-state index in [1.54, 1.807) is 26.0 Å². The maximum Gasteiger partial charge on any atom is 0.336 e. The number of carbonyl (C=O) groups excluding carboxylic acids is 1. The number of ether oxygens (including phenoxy) is 1. The van der Waals surface area contributed by atoms with Gasteiger partial charge in [-0.25, -0.2) is 4.79 Å². The standard InChI is InChI=1S/C14H18O6/c1-3-20-11(16)7-10(15)13(17)9-6-4-5-8(2)12(9)14(18)19/h4-6,10,13,15,17H,3,7H2,1-2H3,(H,18,19). The lowest BCUT2D eigenvalue weighted by Crippen LogP contribution is -2.25. The van der Waals surface area contributed by atoms with Crippen molar-refractivity contribution in [2.24, 2.45) is 0 Å². The molecular formula is C14H18O6. The van der Waals surface area contributed by atoms with Gasteiger partial charge in [-0.1, -0.05) is 18.2 Å². The number of rotatable bonds is 6.